The van der Waals surface area contributed by atoms with Gasteiger partial charge < -0.3 is 10.1 Å². The zero-order valence-corrected chi connectivity index (χ0v) is 9.63. The summed E-state index contributed by atoms with van der Waals surface area (Å²) in [6.45, 7) is 3.83. The maximum absolute atomic E-state index is 5.83. The van der Waals surface area contributed by atoms with Gasteiger partial charge in [-0.3, -0.25) is 0 Å². The second kappa shape index (κ2) is 4.97. The zero-order valence-electron chi connectivity index (χ0n) is 8.87. The number of morpholine rings is 1. The van der Waals surface area contributed by atoms with Crippen molar-refractivity contribution in [2.75, 3.05) is 13.2 Å². The Balaban J connectivity index is 1.89. The van der Waals surface area contributed by atoms with E-state index in [-0.39, 0.29) is 0 Å². The first kappa shape index (κ1) is 10.9. The van der Waals surface area contributed by atoms with Crippen LogP contribution in [0.3, 0.4) is 0 Å². The van der Waals surface area contributed by atoms with Crippen molar-refractivity contribution < 1.29 is 4.74 Å². The molecule has 1 N–H and O–H groups in total. The van der Waals surface area contributed by atoms with Crippen LogP contribution in [0.4, 0.5) is 0 Å². The first-order valence-corrected chi connectivity index (χ1v) is 5.71. The van der Waals surface area contributed by atoms with Crippen LogP contribution in [0.1, 0.15) is 12.5 Å². The van der Waals surface area contributed by atoms with Crippen molar-refractivity contribution in [1.82, 2.24) is 5.32 Å². The standard InChI is InChI=1S/C12H16ClNO/c1-9-7-14-12(8-15-9)6-10-2-4-11(13)5-3-10/h2-5,9,12,14H,6-8H2,1H3/t9-,12-/m0/s1. The topological polar surface area (TPSA) is 21.3 Å². The smallest absolute Gasteiger partial charge is 0.0672 e. The van der Waals surface area contributed by atoms with Gasteiger partial charge in [0.25, 0.3) is 0 Å². The molecule has 0 aromatic heterocycles. The van der Waals surface area contributed by atoms with Crippen molar-refractivity contribution in [3.63, 3.8) is 0 Å². The van der Waals surface area contributed by atoms with Gasteiger partial charge in [-0.15, -0.1) is 0 Å². The molecule has 0 aliphatic carbocycles. The lowest BCUT2D eigenvalue weighted by atomic mass is 10.1. The number of rotatable bonds is 2. The Hall–Kier alpha value is -0.570. The maximum atomic E-state index is 5.83. The SMILES string of the molecule is C[C@H]1CN[C@@H](Cc2ccc(Cl)cc2)CO1. The van der Waals surface area contributed by atoms with E-state index in [0.717, 1.165) is 24.6 Å². The van der Waals surface area contributed by atoms with Crippen LogP contribution in [0.15, 0.2) is 24.3 Å². The van der Waals surface area contributed by atoms with E-state index < -0.39 is 0 Å². The van der Waals surface area contributed by atoms with Gasteiger partial charge in [0.2, 0.25) is 0 Å². The summed E-state index contributed by atoms with van der Waals surface area (Å²) in [5, 5.41) is 4.27. The van der Waals surface area contributed by atoms with E-state index in [2.05, 4.69) is 24.4 Å². The van der Waals surface area contributed by atoms with Gasteiger partial charge in [-0.1, -0.05) is 23.7 Å². The van der Waals surface area contributed by atoms with Crippen molar-refractivity contribution in [3.8, 4) is 0 Å². The summed E-state index contributed by atoms with van der Waals surface area (Å²) >= 11 is 5.83. The third kappa shape index (κ3) is 3.20. The molecular weight excluding hydrogens is 210 g/mol. The lowest BCUT2D eigenvalue weighted by Crippen LogP contribution is -2.46. The van der Waals surface area contributed by atoms with Crippen LogP contribution in [-0.2, 0) is 11.2 Å². The van der Waals surface area contributed by atoms with Crippen LogP contribution >= 0.6 is 11.6 Å². The molecule has 0 saturated carbocycles. The molecule has 0 spiro atoms. The molecule has 1 aromatic carbocycles. The summed E-state index contributed by atoms with van der Waals surface area (Å²) in [6.07, 6.45) is 1.34. The molecule has 1 aliphatic rings. The Morgan fingerprint density at radius 1 is 1.40 bits per heavy atom. The summed E-state index contributed by atoms with van der Waals surface area (Å²) in [4.78, 5) is 0. The molecule has 1 heterocycles. The Bertz CT molecular complexity index is 304. The van der Waals surface area contributed by atoms with E-state index in [4.69, 9.17) is 16.3 Å². The second-order valence-electron chi connectivity index (χ2n) is 4.08. The molecule has 0 radical (unpaired) electrons. The lowest BCUT2D eigenvalue weighted by Gasteiger charge is -2.28. The van der Waals surface area contributed by atoms with Crippen LogP contribution in [-0.4, -0.2) is 25.3 Å². The number of nitrogens with one attached hydrogen (secondary N) is 1. The molecule has 15 heavy (non-hydrogen) atoms. The predicted molar refractivity (Wildman–Crippen MR) is 62.4 cm³/mol. The minimum Gasteiger partial charge on any atom is -0.376 e. The Morgan fingerprint density at radius 3 is 2.73 bits per heavy atom. The summed E-state index contributed by atoms with van der Waals surface area (Å²) in [5.74, 6) is 0. The van der Waals surface area contributed by atoms with Crippen LogP contribution in [0.2, 0.25) is 5.02 Å². The highest BCUT2D eigenvalue weighted by atomic mass is 35.5. The third-order valence-electron chi connectivity index (χ3n) is 2.67. The number of benzene rings is 1. The molecular formula is C12H16ClNO. The van der Waals surface area contributed by atoms with Crippen LogP contribution in [0, 0.1) is 0 Å². The summed E-state index contributed by atoms with van der Waals surface area (Å²) in [7, 11) is 0. The molecule has 1 saturated heterocycles. The lowest BCUT2D eigenvalue weighted by molar-refractivity contribution is 0.0155. The zero-order chi connectivity index (χ0) is 10.7. The van der Waals surface area contributed by atoms with Gasteiger partial charge in [0.15, 0.2) is 0 Å². The highest BCUT2D eigenvalue weighted by Gasteiger charge is 2.17. The highest BCUT2D eigenvalue weighted by molar-refractivity contribution is 6.30. The third-order valence-corrected chi connectivity index (χ3v) is 2.92. The number of ether oxygens (including phenoxy) is 1. The van der Waals surface area contributed by atoms with Crippen molar-refractivity contribution in [1.29, 1.82) is 0 Å². The average molecular weight is 226 g/mol. The highest BCUT2D eigenvalue weighted by Crippen LogP contribution is 2.12. The van der Waals surface area contributed by atoms with Gasteiger partial charge >= 0.3 is 0 Å². The van der Waals surface area contributed by atoms with E-state index in [1.807, 2.05) is 12.1 Å². The fraction of sp³-hybridized carbons (Fsp3) is 0.500. The number of halogens is 1. The quantitative estimate of drug-likeness (QED) is 0.834. The van der Waals surface area contributed by atoms with Crippen LogP contribution in [0.25, 0.3) is 0 Å². The molecule has 1 aliphatic heterocycles. The molecule has 0 bridgehead atoms. The van der Waals surface area contributed by atoms with E-state index in [1.54, 1.807) is 0 Å². The molecule has 1 aromatic rings. The fourth-order valence-corrected chi connectivity index (χ4v) is 1.89. The van der Waals surface area contributed by atoms with Crippen molar-refractivity contribution in [2.24, 2.45) is 0 Å². The maximum Gasteiger partial charge on any atom is 0.0672 e. The summed E-state index contributed by atoms with van der Waals surface area (Å²) in [6, 6.07) is 8.44. The fourth-order valence-electron chi connectivity index (χ4n) is 1.77. The van der Waals surface area contributed by atoms with E-state index in [9.17, 15) is 0 Å². The monoisotopic (exact) mass is 225 g/mol. The molecule has 0 unspecified atom stereocenters. The van der Waals surface area contributed by atoms with Crippen LogP contribution in [0.5, 0.6) is 0 Å². The number of hydrogen-bond donors (Lipinski definition) is 1. The van der Waals surface area contributed by atoms with Gasteiger partial charge in [0, 0.05) is 17.6 Å². The van der Waals surface area contributed by atoms with E-state index >= 15 is 0 Å². The predicted octanol–water partition coefficient (Wildman–Crippen LogP) is 2.26. The van der Waals surface area contributed by atoms with Gasteiger partial charge in [-0.25, -0.2) is 0 Å². The van der Waals surface area contributed by atoms with Crippen molar-refractivity contribution in [2.45, 2.75) is 25.5 Å². The molecule has 0 amide bonds. The largest absolute Gasteiger partial charge is 0.376 e. The van der Waals surface area contributed by atoms with Crippen LogP contribution < -0.4 is 5.32 Å². The Labute approximate surface area is 95.6 Å². The van der Waals surface area contributed by atoms with Gasteiger partial charge in [-0.2, -0.15) is 0 Å². The van der Waals surface area contributed by atoms with E-state index in [1.165, 1.54) is 5.56 Å². The average Bonchev–Trinajstić information content (AvgIpc) is 2.25. The minimum atomic E-state index is 0.339. The van der Waals surface area contributed by atoms with Gasteiger partial charge in [0.05, 0.1) is 12.7 Å². The number of hydrogen-bond acceptors (Lipinski definition) is 2. The molecule has 1 fully saturated rings. The van der Waals surface area contributed by atoms with E-state index in [0.29, 0.717) is 12.1 Å². The second-order valence-corrected chi connectivity index (χ2v) is 4.52. The molecule has 2 rings (SSSR count). The summed E-state index contributed by atoms with van der Waals surface area (Å²) in [5.41, 5.74) is 1.30. The molecule has 82 valence electrons. The van der Waals surface area contributed by atoms with Crippen molar-refractivity contribution in [3.05, 3.63) is 34.9 Å². The first-order valence-electron chi connectivity index (χ1n) is 5.33. The summed E-state index contributed by atoms with van der Waals surface area (Å²) < 4.78 is 5.60. The van der Waals surface area contributed by atoms with Gasteiger partial charge in [-0.05, 0) is 31.0 Å². The Morgan fingerprint density at radius 2 is 2.13 bits per heavy atom. The first-order chi connectivity index (χ1) is 7.24. The molecule has 3 heteroatoms. The van der Waals surface area contributed by atoms with Crippen molar-refractivity contribution >= 4 is 11.6 Å². The molecule has 2 nitrogen and oxygen atoms in total. The van der Waals surface area contributed by atoms with Gasteiger partial charge in [0.1, 0.15) is 0 Å². The Kier molecular flexibility index (Phi) is 3.62. The molecule has 2 atom stereocenters. The normalized spacial score (nSPS) is 26.5. The minimum absolute atomic E-state index is 0.339.